The quantitative estimate of drug-likeness (QED) is 0.791. The Labute approximate surface area is 147 Å². The van der Waals surface area contributed by atoms with Crippen LogP contribution in [-0.4, -0.2) is 51.1 Å². The molecule has 0 aliphatic carbocycles. The largest absolute Gasteiger partial charge is 0.356 e. The maximum Gasteiger partial charge on any atom is 0.156 e. The Bertz CT molecular complexity index is 880. The van der Waals surface area contributed by atoms with Gasteiger partial charge in [0.1, 0.15) is 24.0 Å². The summed E-state index contributed by atoms with van der Waals surface area (Å²) >= 11 is 0. The smallest absolute Gasteiger partial charge is 0.156 e. The molecule has 0 radical (unpaired) electrons. The van der Waals surface area contributed by atoms with Crippen LogP contribution in [0.1, 0.15) is 24.2 Å². The number of H-pyrrole nitrogens is 1. The number of aromatic nitrogens is 5. The molecule has 0 saturated carbocycles. The summed E-state index contributed by atoms with van der Waals surface area (Å²) in [5.74, 6) is 2.01. The molecule has 1 aliphatic heterocycles. The minimum Gasteiger partial charge on any atom is -0.356 e. The average molecular weight is 337 g/mol. The molecule has 3 aromatic rings. The molecule has 0 spiro atoms. The van der Waals surface area contributed by atoms with Gasteiger partial charge in [-0.1, -0.05) is 0 Å². The first kappa shape index (κ1) is 15.8. The zero-order chi connectivity index (χ0) is 17.4. The molecule has 0 unspecified atom stereocenters. The second kappa shape index (κ2) is 6.31. The van der Waals surface area contributed by atoms with Gasteiger partial charge in [0.25, 0.3) is 0 Å². The number of anilines is 2. The van der Waals surface area contributed by atoms with E-state index in [9.17, 15) is 0 Å². The number of piperidine rings is 1. The van der Waals surface area contributed by atoms with Crippen LogP contribution in [0.3, 0.4) is 0 Å². The molecule has 1 fully saturated rings. The summed E-state index contributed by atoms with van der Waals surface area (Å²) in [6.45, 7) is 6.00. The lowest BCUT2D eigenvalue weighted by Crippen LogP contribution is -2.44. The predicted octanol–water partition coefficient (Wildman–Crippen LogP) is 2.47. The lowest BCUT2D eigenvalue weighted by atomic mass is 10.0. The predicted molar refractivity (Wildman–Crippen MR) is 99.0 cm³/mol. The summed E-state index contributed by atoms with van der Waals surface area (Å²) in [7, 11) is 2.12. The molecular formula is C18H23N7. The molecule has 0 aromatic carbocycles. The van der Waals surface area contributed by atoms with Gasteiger partial charge in [0, 0.05) is 43.6 Å². The molecule has 7 nitrogen and oxygen atoms in total. The fourth-order valence-electron chi connectivity index (χ4n) is 3.58. The highest BCUT2D eigenvalue weighted by molar-refractivity contribution is 5.86. The molecule has 7 heteroatoms. The van der Waals surface area contributed by atoms with Gasteiger partial charge in [-0.05, 0) is 32.8 Å². The molecule has 0 atom stereocenters. The first-order valence-corrected chi connectivity index (χ1v) is 8.68. The number of aryl methyl sites for hydroxylation is 2. The molecule has 130 valence electrons. The minimum atomic E-state index is 0.480. The molecule has 1 saturated heterocycles. The van der Waals surface area contributed by atoms with Crippen LogP contribution in [0, 0.1) is 13.8 Å². The van der Waals surface area contributed by atoms with Crippen molar-refractivity contribution in [1.82, 2.24) is 24.9 Å². The van der Waals surface area contributed by atoms with Gasteiger partial charge in [-0.2, -0.15) is 0 Å². The van der Waals surface area contributed by atoms with Crippen LogP contribution in [0.2, 0.25) is 0 Å². The van der Waals surface area contributed by atoms with Crippen LogP contribution in [0.4, 0.5) is 11.6 Å². The van der Waals surface area contributed by atoms with Crippen molar-refractivity contribution in [2.75, 3.05) is 29.9 Å². The first-order chi connectivity index (χ1) is 12.1. The van der Waals surface area contributed by atoms with Crippen molar-refractivity contribution in [3.05, 3.63) is 36.2 Å². The third-order valence-corrected chi connectivity index (χ3v) is 4.99. The van der Waals surface area contributed by atoms with Crippen LogP contribution >= 0.6 is 0 Å². The van der Waals surface area contributed by atoms with Gasteiger partial charge in [-0.3, -0.25) is 0 Å². The molecule has 25 heavy (non-hydrogen) atoms. The van der Waals surface area contributed by atoms with E-state index in [1.54, 1.807) is 12.7 Å². The van der Waals surface area contributed by atoms with Gasteiger partial charge in [-0.25, -0.2) is 19.9 Å². The highest BCUT2D eigenvalue weighted by Gasteiger charge is 2.25. The lowest BCUT2D eigenvalue weighted by molar-refractivity contribution is 0.478. The average Bonchev–Trinajstić information content (AvgIpc) is 3.01. The number of hydrogen-bond acceptors (Lipinski definition) is 6. The van der Waals surface area contributed by atoms with E-state index >= 15 is 0 Å². The maximum atomic E-state index is 4.53. The fourth-order valence-corrected chi connectivity index (χ4v) is 3.58. The zero-order valence-electron chi connectivity index (χ0n) is 14.9. The van der Waals surface area contributed by atoms with E-state index in [-0.39, 0.29) is 0 Å². The van der Waals surface area contributed by atoms with E-state index in [0.717, 1.165) is 60.0 Å². The molecule has 1 aliphatic rings. The van der Waals surface area contributed by atoms with Crippen LogP contribution in [-0.2, 0) is 0 Å². The van der Waals surface area contributed by atoms with Crippen molar-refractivity contribution in [3.8, 4) is 0 Å². The van der Waals surface area contributed by atoms with Gasteiger partial charge in [0.15, 0.2) is 5.82 Å². The molecule has 4 heterocycles. The first-order valence-electron chi connectivity index (χ1n) is 8.68. The van der Waals surface area contributed by atoms with Crippen LogP contribution < -0.4 is 9.80 Å². The Morgan fingerprint density at radius 1 is 1.04 bits per heavy atom. The topological polar surface area (TPSA) is 73.8 Å². The second-order valence-electron chi connectivity index (χ2n) is 6.76. The molecule has 3 aromatic heterocycles. The van der Waals surface area contributed by atoms with Crippen molar-refractivity contribution >= 4 is 22.7 Å². The molecule has 0 amide bonds. The minimum absolute atomic E-state index is 0.480. The number of nitrogens with zero attached hydrogens (tertiary/aromatic N) is 6. The van der Waals surface area contributed by atoms with Gasteiger partial charge >= 0.3 is 0 Å². The van der Waals surface area contributed by atoms with Gasteiger partial charge < -0.3 is 14.8 Å². The second-order valence-corrected chi connectivity index (χ2v) is 6.76. The van der Waals surface area contributed by atoms with Crippen molar-refractivity contribution in [2.24, 2.45) is 0 Å². The number of fused-ring (bicyclic) bond motifs is 1. The normalized spacial score (nSPS) is 15.7. The molecular weight excluding hydrogens is 314 g/mol. The lowest BCUT2D eigenvalue weighted by Gasteiger charge is -2.37. The summed E-state index contributed by atoms with van der Waals surface area (Å²) in [6, 6.07) is 4.59. The van der Waals surface area contributed by atoms with Crippen molar-refractivity contribution < 1.29 is 0 Å². The van der Waals surface area contributed by atoms with Gasteiger partial charge in [0.05, 0.1) is 5.52 Å². The van der Waals surface area contributed by atoms with E-state index < -0.39 is 0 Å². The molecule has 4 rings (SSSR count). The molecule has 0 bridgehead atoms. The van der Waals surface area contributed by atoms with E-state index in [0.29, 0.717) is 6.04 Å². The van der Waals surface area contributed by atoms with Crippen LogP contribution in [0.15, 0.2) is 24.8 Å². The third kappa shape index (κ3) is 3.01. The van der Waals surface area contributed by atoms with Crippen molar-refractivity contribution in [3.63, 3.8) is 0 Å². The Morgan fingerprint density at radius 2 is 1.80 bits per heavy atom. The summed E-state index contributed by atoms with van der Waals surface area (Å²) in [5, 5.41) is 0. The Balaban J connectivity index is 1.49. The highest BCUT2D eigenvalue weighted by atomic mass is 15.3. The van der Waals surface area contributed by atoms with Crippen molar-refractivity contribution in [2.45, 2.75) is 32.7 Å². The summed E-state index contributed by atoms with van der Waals surface area (Å²) in [4.78, 5) is 25.5. The summed E-state index contributed by atoms with van der Waals surface area (Å²) in [5.41, 5.74) is 4.14. The van der Waals surface area contributed by atoms with E-state index in [1.165, 1.54) is 0 Å². The fraction of sp³-hybridized carbons (Fsp3) is 0.444. The number of rotatable bonds is 3. The van der Waals surface area contributed by atoms with E-state index in [2.05, 4.69) is 54.8 Å². The van der Waals surface area contributed by atoms with Crippen LogP contribution in [0.5, 0.6) is 0 Å². The van der Waals surface area contributed by atoms with Gasteiger partial charge in [0.2, 0.25) is 0 Å². The molecule has 1 N–H and O–H groups in total. The third-order valence-electron chi connectivity index (χ3n) is 4.99. The number of hydrogen-bond donors (Lipinski definition) is 1. The summed E-state index contributed by atoms with van der Waals surface area (Å²) < 4.78 is 0. The Hall–Kier alpha value is -2.70. The maximum absolute atomic E-state index is 4.53. The Kier molecular flexibility index (Phi) is 3.99. The number of nitrogens with one attached hydrogen (secondary N) is 1. The van der Waals surface area contributed by atoms with Crippen molar-refractivity contribution in [1.29, 1.82) is 0 Å². The number of aromatic amines is 1. The zero-order valence-corrected chi connectivity index (χ0v) is 14.9. The Morgan fingerprint density at radius 3 is 2.56 bits per heavy atom. The van der Waals surface area contributed by atoms with Crippen LogP contribution in [0.25, 0.3) is 11.0 Å². The standard InChI is InChI=1S/C18H23N7/c1-12-9-16(21-10-19-12)24(3)14-4-6-25(7-5-14)18-17-15(20-11-22-18)8-13(2)23-17/h8-11,14,23H,4-7H2,1-3H3. The van der Waals surface area contributed by atoms with E-state index in [4.69, 9.17) is 0 Å². The SMILES string of the molecule is Cc1cc(N(C)C2CCN(c3ncnc4cc(C)[nH]c34)CC2)ncn1. The van der Waals surface area contributed by atoms with E-state index in [1.807, 2.05) is 13.0 Å². The monoisotopic (exact) mass is 337 g/mol. The highest BCUT2D eigenvalue weighted by Crippen LogP contribution is 2.27. The summed E-state index contributed by atoms with van der Waals surface area (Å²) in [6.07, 6.45) is 5.45. The van der Waals surface area contributed by atoms with Gasteiger partial charge in [-0.15, -0.1) is 0 Å².